The van der Waals surface area contributed by atoms with Crippen molar-refractivity contribution in [3.05, 3.63) is 29.3 Å². The van der Waals surface area contributed by atoms with Crippen molar-refractivity contribution >= 4 is 23.3 Å². The second kappa shape index (κ2) is 6.22. The van der Waals surface area contributed by atoms with E-state index in [1.54, 1.807) is 19.2 Å². The summed E-state index contributed by atoms with van der Waals surface area (Å²) in [5, 5.41) is 6.34. The SMILES string of the molecule is COC[C@H]1[C@@H](NC(=O)Nc2ccccc2Cl)[C@@H]2CCO[C@@H]21. The number of methoxy groups -OCH3 is 1. The van der Waals surface area contributed by atoms with Gasteiger partial charge in [0.25, 0.3) is 0 Å². The number of benzene rings is 1. The highest BCUT2D eigenvalue weighted by Gasteiger charge is 2.54. The molecule has 0 spiro atoms. The first-order valence-corrected chi connectivity index (χ1v) is 7.51. The number of carbonyl (C=O) groups excluding carboxylic acids is 1. The Bertz CT molecular complexity index is 525. The number of ether oxygens (including phenoxy) is 2. The molecule has 4 atom stereocenters. The normalized spacial score (nSPS) is 30.4. The second-order valence-electron chi connectivity index (χ2n) is 5.51. The van der Waals surface area contributed by atoms with E-state index in [1.807, 2.05) is 12.1 Å². The Morgan fingerprint density at radius 2 is 2.29 bits per heavy atom. The average molecular weight is 311 g/mol. The third-order valence-electron chi connectivity index (χ3n) is 4.31. The number of fused-ring (bicyclic) bond motifs is 1. The summed E-state index contributed by atoms with van der Waals surface area (Å²) in [7, 11) is 1.67. The Morgan fingerprint density at radius 3 is 3.05 bits per heavy atom. The van der Waals surface area contributed by atoms with E-state index in [1.165, 1.54) is 0 Å². The molecule has 2 amide bonds. The molecule has 3 rings (SSSR count). The molecule has 1 aliphatic heterocycles. The molecular formula is C15H19ClN2O3. The van der Waals surface area contributed by atoms with Crippen molar-refractivity contribution < 1.29 is 14.3 Å². The fourth-order valence-corrected chi connectivity index (χ4v) is 3.49. The van der Waals surface area contributed by atoms with E-state index in [2.05, 4.69) is 10.6 Å². The second-order valence-corrected chi connectivity index (χ2v) is 5.92. The molecule has 1 saturated heterocycles. The third kappa shape index (κ3) is 2.86. The van der Waals surface area contributed by atoms with E-state index < -0.39 is 0 Å². The molecule has 2 fully saturated rings. The van der Waals surface area contributed by atoms with Crippen LogP contribution in [0.15, 0.2) is 24.3 Å². The average Bonchev–Trinajstić information content (AvgIpc) is 2.89. The molecule has 2 aliphatic rings. The molecule has 0 radical (unpaired) electrons. The minimum absolute atomic E-state index is 0.0972. The van der Waals surface area contributed by atoms with Crippen LogP contribution < -0.4 is 10.6 Å². The summed E-state index contributed by atoms with van der Waals surface area (Å²) in [6.45, 7) is 1.36. The van der Waals surface area contributed by atoms with Crippen LogP contribution in [0.1, 0.15) is 6.42 Å². The van der Waals surface area contributed by atoms with Crippen molar-refractivity contribution in [3.8, 4) is 0 Å². The monoisotopic (exact) mass is 310 g/mol. The predicted octanol–water partition coefficient (Wildman–Crippen LogP) is 2.51. The van der Waals surface area contributed by atoms with Gasteiger partial charge in [0.2, 0.25) is 0 Å². The van der Waals surface area contributed by atoms with Crippen LogP contribution in [0.5, 0.6) is 0 Å². The molecule has 2 N–H and O–H groups in total. The number of para-hydroxylation sites is 1. The molecule has 5 nitrogen and oxygen atoms in total. The van der Waals surface area contributed by atoms with E-state index in [0.29, 0.717) is 23.2 Å². The minimum atomic E-state index is -0.237. The third-order valence-corrected chi connectivity index (χ3v) is 4.64. The molecule has 1 aliphatic carbocycles. The van der Waals surface area contributed by atoms with Crippen LogP contribution >= 0.6 is 11.6 Å². The lowest BCUT2D eigenvalue weighted by atomic mass is 9.67. The first-order valence-electron chi connectivity index (χ1n) is 7.13. The standard InChI is InChI=1S/C15H19ClN2O3/c1-20-8-10-13(9-6-7-21-14(9)10)18-15(19)17-12-5-3-2-4-11(12)16/h2-5,9-10,13-14H,6-8H2,1H3,(H2,17,18,19)/t9-,10-,13-,14-/m0/s1. The molecular weight excluding hydrogens is 292 g/mol. The van der Waals surface area contributed by atoms with E-state index in [0.717, 1.165) is 13.0 Å². The number of amides is 2. The van der Waals surface area contributed by atoms with Gasteiger partial charge < -0.3 is 20.1 Å². The topological polar surface area (TPSA) is 59.6 Å². The van der Waals surface area contributed by atoms with Crippen molar-refractivity contribution in [1.29, 1.82) is 0 Å². The Morgan fingerprint density at radius 1 is 1.48 bits per heavy atom. The predicted molar refractivity (Wildman–Crippen MR) is 80.6 cm³/mol. The molecule has 1 aromatic rings. The molecule has 21 heavy (non-hydrogen) atoms. The van der Waals surface area contributed by atoms with Crippen LogP contribution in [-0.2, 0) is 9.47 Å². The first-order chi connectivity index (χ1) is 10.2. The number of halogens is 1. The highest BCUT2D eigenvalue weighted by Crippen LogP contribution is 2.43. The Labute approximate surface area is 128 Å². The number of anilines is 1. The number of urea groups is 1. The van der Waals surface area contributed by atoms with Gasteiger partial charge in [-0.3, -0.25) is 0 Å². The summed E-state index contributed by atoms with van der Waals surface area (Å²) in [4.78, 5) is 12.1. The van der Waals surface area contributed by atoms with Gasteiger partial charge in [-0.05, 0) is 18.6 Å². The Kier molecular flexibility index (Phi) is 4.33. The van der Waals surface area contributed by atoms with Gasteiger partial charge in [0.05, 0.1) is 23.4 Å². The number of rotatable bonds is 4. The molecule has 0 aromatic heterocycles. The highest BCUT2D eigenvalue weighted by molar-refractivity contribution is 6.33. The number of carbonyl (C=O) groups is 1. The van der Waals surface area contributed by atoms with Crippen LogP contribution in [0.25, 0.3) is 0 Å². The van der Waals surface area contributed by atoms with Crippen LogP contribution in [0.4, 0.5) is 10.5 Å². The lowest BCUT2D eigenvalue weighted by molar-refractivity contribution is -0.0798. The highest BCUT2D eigenvalue weighted by atomic mass is 35.5. The van der Waals surface area contributed by atoms with E-state index in [-0.39, 0.29) is 24.1 Å². The van der Waals surface area contributed by atoms with Gasteiger partial charge in [-0.1, -0.05) is 23.7 Å². The molecule has 1 heterocycles. The quantitative estimate of drug-likeness (QED) is 0.898. The maximum absolute atomic E-state index is 12.1. The van der Waals surface area contributed by atoms with Crippen LogP contribution in [0.3, 0.4) is 0 Å². The van der Waals surface area contributed by atoms with Crippen LogP contribution in [0.2, 0.25) is 5.02 Å². The summed E-state index contributed by atoms with van der Waals surface area (Å²) in [6, 6.07) is 7.04. The lowest BCUT2D eigenvalue weighted by Gasteiger charge is -2.47. The van der Waals surface area contributed by atoms with Crippen LogP contribution in [-0.4, -0.2) is 38.5 Å². The van der Waals surface area contributed by atoms with Gasteiger partial charge >= 0.3 is 6.03 Å². The van der Waals surface area contributed by atoms with Crippen molar-refractivity contribution in [2.75, 3.05) is 25.6 Å². The maximum atomic E-state index is 12.1. The first kappa shape index (κ1) is 14.6. The van der Waals surface area contributed by atoms with E-state index in [4.69, 9.17) is 21.1 Å². The Hall–Kier alpha value is -1.30. The minimum Gasteiger partial charge on any atom is -0.384 e. The van der Waals surface area contributed by atoms with Gasteiger partial charge in [0, 0.05) is 31.6 Å². The summed E-state index contributed by atoms with van der Waals surface area (Å²) in [6.07, 6.45) is 1.21. The van der Waals surface area contributed by atoms with Crippen molar-refractivity contribution in [3.63, 3.8) is 0 Å². The molecule has 0 unspecified atom stereocenters. The number of nitrogens with one attached hydrogen (secondary N) is 2. The Balaban J connectivity index is 1.60. The van der Waals surface area contributed by atoms with E-state index >= 15 is 0 Å². The van der Waals surface area contributed by atoms with E-state index in [9.17, 15) is 4.79 Å². The van der Waals surface area contributed by atoms with Gasteiger partial charge in [0.15, 0.2) is 0 Å². The fraction of sp³-hybridized carbons (Fsp3) is 0.533. The molecule has 1 saturated carbocycles. The maximum Gasteiger partial charge on any atom is 0.319 e. The summed E-state index contributed by atoms with van der Waals surface area (Å²) >= 11 is 6.04. The van der Waals surface area contributed by atoms with Crippen molar-refractivity contribution in [2.45, 2.75) is 18.6 Å². The van der Waals surface area contributed by atoms with Gasteiger partial charge in [-0.15, -0.1) is 0 Å². The smallest absolute Gasteiger partial charge is 0.319 e. The zero-order valence-corrected chi connectivity index (χ0v) is 12.6. The summed E-state index contributed by atoms with van der Waals surface area (Å²) < 4.78 is 10.9. The molecule has 6 heteroatoms. The van der Waals surface area contributed by atoms with Crippen LogP contribution in [0, 0.1) is 11.8 Å². The van der Waals surface area contributed by atoms with Gasteiger partial charge in [-0.2, -0.15) is 0 Å². The zero-order valence-electron chi connectivity index (χ0n) is 11.8. The molecule has 1 aromatic carbocycles. The molecule has 114 valence electrons. The van der Waals surface area contributed by atoms with Gasteiger partial charge in [0.1, 0.15) is 0 Å². The largest absolute Gasteiger partial charge is 0.384 e. The lowest BCUT2D eigenvalue weighted by Crippen LogP contribution is -2.63. The summed E-state index contributed by atoms with van der Waals surface area (Å²) in [5.41, 5.74) is 0.610. The van der Waals surface area contributed by atoms with Crippen molar-refractivity contribution in [2.24, 2.45) is 11.8 Å². The van der Waals surface area contributed by atoms with Crippen molar-refractivity contribution in [1.82, 2.24) is 5.32 Å². The molecule has 0 bridgehead atoms. The summed E-state index contributed by atoms with van der Waals surface area (Å²) in [5.74, 6) is 0.613. The van der Waals surface area contributed by atoms with Gasteiger partial charge in [-0.25, -0.2) is 4.79 Å². The number of hydrogen-bond acceptors (Lipinski definition) is 3. The zero-order chi connectivity index (χ0) is 14.8. The number of hydrogen-bond donors (Lipinski definition) is 2. The fourth-order valence-electron chi connectivity index (χ4n) is 3.31.